The molecule has 49 heavy (non-hydrogen) atoms. The number of nitrogens with one attached hydrogen (secondary N) is 1. The Hall–Kier alpha value is -4.39. The normalized spacial score (nSPS) is 15.7. The summed E-state index contributed by atoms with van der Waals surface area (Å²) in [6, 6.07) is 12.6. The fourth-order valence-electron chi connectivity index (χ4n) is 6.21. The van der Waals surface area contributed by atoms with Crippen molar-refractivity contribution in [1.82, 2.24) is 20.2 Å². The van der Waals surface area contributed by atoms with Crippen LogP contribution in [0.4, 0.5) is 18.9 Å². The van der Waals surface area contributed by atoms with Crippen LogP contribution in [0.3, 0.4) is 0 Å². The molecular formula is C36H44F3N5O5. The number of hydrogen-bond acceptors (Lipinski definition) is 8. The molecule has 2 fully saturated rings. The third kappa shape index (κ3) is 9.62. The highest BCUT2D eigenvalue weighted by molar-refractivity contribution is 6.01. The van der Waals surface area contributed by atoms with Gasteiger partial charge in [0.05, 0.1) is 13.2 Å². The SMILES string of the molecule is CCOc1ncnc(OCC)c1N(CCCCN1CCC(NC(=O)c2ccccc2-c2ccc(OC(F)(F)F)cc2)CC1)C(=O)C1CCC1. The van der Waals surface area contributed by atoms with Gasteiger partial charge in [0.1, 0.15) is 12.1 Å². The Labute approximate surface area is 285 Å². The second-order valence-electron chi connectivity index (χ2n) is 12.2. The van der Waals surface area contributed by atoms with Crippen LogP contribution in [0.25, 0.3) is 11.1 Å². The van der Waals surface area contributed by atoms with Gasteiger partial charge < -0.3 is 29.3 Å². The van der Waals surface area contributed by atoms with E-state index in [1.165, 1.54) is 30.6 Å². The van der Waals surface area contributed by atoms with Gasteiger partial charge in [-0.2, -0.15) is 9.97 Å². The molecule has 1 aliphatic carbocycles. The van der Waals surface area contributed by atoms with E-state index < -0.39 is 6.36 Å². The quantitative estimate of drug-likeness (QED) is 0.178. The molecule has 10 nitrogen and oxygen atoms in total. The number of amides is 2. The first kappa shape index (κ1) is 35.9. The first-order chi connectivity index (χ1) is 23.7. The molecule has 1 N–H and O–H groups in total. The lowest BCUT2D eigenvalue weighted by molar-refractivity contribution is -0.274. The van der Waals surface area contributed by atoms with E-state index in [4.69, 9.17) is 9.47 Å². The molecule has 2 amide bonds. The third-order valence-corrected chi connectivity index (χ3v) is 8.91. The lowest BCUT2D eigenvalue weighted by Crippen LogP contribution is -2.45. The molecule has 264 valence electrons. The van der Waals surface area contributed by atoms with Crippen LogP contribution in [0.2, 0.25) is 0 Å². The van der Waals surface area contributed by atoms with Gasteiger partial charge in [-0.1, -0.05) is 36.8 Å². The third-order valence-electron chi connectivity index (χ3n) is 8.91. The number of halogens is 3. The van der Waals surface area contributed by atoms with E-state index in [0.717, 1.165) is 64.6 Å². The smallest absolute Gasteiger partial charge is 0.476 e. The Morgan fingerprint density at radius 3 is 2.16 bits per heavy atom. The summed E-state index contributed by atoms with van der Waals surface area (Å²) in [6.45, 7) is 7.59. The predicted octanol–water partition coefficient (Wildman–Crippen LogP) is 6.65. The van der Waals surface area contributed by atoms with E-state index in [9.17, 15) is 22.8 Å². The monoisotopic (exact) mass is 683 g/mol. The van der Waals surface area contributed by atoms with E-state index in [2.05, 4.69) is 24.9 Å². The topological polar surface area (TPSA) is 106 Å². The van der Waals surface area contributed by atoms with E-state index >= 15 is 0 Å². The maximum Gasteiger partial charge on any atom is 0.573 e. The average Bonchev–Trinajstić information content (AvgIpc) is 3.05. The maximum atomic E-state index is 13.6. The summed E-state index contributed by atoms with van der Waals surface area (Å²) in [5, 5.41) is 3.16. The molecule has 3 aromatic rings. The van der Waals surface area contributed by atoms with Crippen molar-refractivity contribution in [1.29, 1.82) is 0 Å². The fraction of sp³-hybridized carbons (Fsp3) is 0.500. The molecule has 0 bridgehead atoms. The number of ether oxygens (including phenoxy) is 3. The molecule has 1 saturated carbocycles. The number of carbonyl (C=O) groups excluding carboxylic acids is 2. The van der Waals surface area contributed by atoms with Crippen molar-refractivity contribution < 1.29 is 37.0 Å². The van der Waals surface area contributed by atoms with Crippen molar-refractivity contribution in [2.75, 3.05) is 44.3 Å². The van der Waals surface area contributed by atoms with Crippen LogP contribution >= 0.6 is 0 Å². The number of alkyl halides is 3. The number of unbranched alkanes of at least 4 members (excludes halogenated alkanes) is 1. The van der Waals surface area contributed by atoms with E-state index in [-0.39, 0.29) is 29.5 Å². The lowest BCUT2D eigenvalue weighted by Gasteiger charge is -2.34. The number of piperidine rings is 1. The summed E-state index contributed by atoms with van der Waals surface area (Å²) in [6.07, 6.45) is 2.67. The Bertz CT molecular complexity index is 1520. The molecule has 1 saturated heterocycles. The van der Waals surface area contributed by atoms with Crippen LogP contribution in [-0.2, 0) is 4.79 Å². The first-order valence-corrected chi connectivity index (χ1v) is 17.1. The summed E-state index contributed by atoms with van der Waals surface area (Å²) in [5.41, 5.74) is 2.21. The van der Waals surface area contributed by atoms with Crippen LogP contribution in [-0.4, -0.2) is 78.5 Å². The van der Waals surface area contributed by atoms with Gasteiger partial charge in [-0.05, 0) is 88.2 Å². The molecule has 2 aromatic carbocycles. The van der Waals surface area contributed by atoms with Gasteiger partial charge in [-0.3, -0.25) is 9.59 Å². The molecule has 2 aliphatic rings. The number of carbonyl (C=O) groups is 2. The van der Waals surface area contributed by atoms with Crippen molar-refractivity contribution in [2.24, 2.45) is 5.92 Å². The summed E-state index contributed by atoms with van der Waals surface area (Å²) < 4.78 is 53.3. The molecule has 0 spiro atoms. The largest absolute Gasteiger partial charge is 0.573 e. The summed E-state index contributed by atoms with van der Waals surface area (Å²) in [7, 11) is 0. The minimum Gasteiger partial charge on any atom is -0.476 e. The van der Waals surface area contributed by atoms with Gasteiger partial charge in [-0.25, -0.2) is 0 Å². The highest BCUT2D eigenvalue weighted by Gasteiger charge is 2.34. The summed E-state index contributed by atoms with van der Waals surface area (Å²) >= 11 is 0. The van der Waals surface area contributed by atoms with Crippen molar-refractivity contribution in [3.05, 3.63) is 60.4 Å². The zero-order chi connectivity index (χ0) is 34.8. The van der Waals surface area contributed by atoms with Crippen LogP contribution in [0, 0.1) is 5.92 Å². The van der Waals surface area contributed by atoms with E-state index in [1.54, 1.807) is 29.2 Å². The average molecular weight is 684 g/mol. The van der Waals surface area contributed by atoms with Gasteiger partial charge >= 0.3 is 6.36 Å². The number of anilines is 1. The zero-order valence-corrected chi connectivity index (χ0v) is 28.0. The van der Waals surface area contributed by atoms with Crippen LogP contribution in [0.15, 0.2) is 54.9 Å². The number of nitrogens with zero attached hydrogens (tertiary/aromatic N) is 4. The van der Waals surface area contributed by atoms with Gasteiger partial charge in [0, 0.05) is 37.2 Å². The van der Waals surface area contributed by atoms with Gasteiger partial charge in [-0.15, -0.1) is 13.2 Å². The van der Waals surface area contributed by atoms with Crippen molar-refractivity contribution in [2.45, 2.75) is 71.2 Å². The van der Waals surface area contributed by atoms with Crippen LogP contribution in [0.5, 0.6) is 17.5 Å². The Morgan fingerprint density at radius 2 is 1.57 bits per heavy atom. The second kappa shape index (κ2) is 16.8. The van der Waals surface area contributed by atoms with Gasteiger partial charge in [0.25, 0.3) is 5.91 Å². The Kier molecular flexibility index (Phi) is 12.3. The molecule has 2 heterocycles. The molecule has 0 atom stereocenters. The lowest BCUT2D eigenvalue weighted by atomic mass is 9.84. The van der Waals surface area contributed by atoms with Crippen LogP contribution in [0.1, 0.15) is 69.2 Å². The van der Waals surface area contributed by atoms with Gasteiger partial charge in [0.15, 0.2) is 5.69 Å². The predicted molar refractivity (Wildman–Crippen MR) is 179 cm³/mol. The molecule has 1 aliphatic heterocycles. The summed E-state index contributed by atoms with van der Waals surface area (Å²) in [5.74, 6) is 0.227. The van der Waals surface area contributed by atoms with E-state index in [1.807, 2.05) is 13.8 Å². The van der Waals surface area contributed by atoms with Gasteiger partial charge in [0.2, 0.25) is 17.7 Å². The first-order valence-electron chi connectivity index (χ1n) is 17.1. The number of likely N-dealkylation sites (tertiary alicyclic amines) is 1. The molecule has 1 aromatic heterocycles. The maximum absolute atomic E-state index is 13.6. The highest BCUT2D eigenvalue weighted by Crippen LogP contribution is 2.38. The number of aromatic nitrogens is 2. The molecule has 0 radical (unpaired) electrons. The standard InChI is InChI=1S/C36H44F3N5O5/c1-3-47-33-31(34(48-4-2)41-24-40-33)44(35(46)26-10-9-11-26)21-8-7-20-43-22-18-27(19-23-43)42-32(45)30-13-6-5-12-29(30)25-14-16-28(17-15-25)49-36(37,38)39/h5-6,12-17,24,26-27H,3-4,7-11,18-23H2,1-2H3,(H,42,45). The zero-order valence-electron chi connectivity index (χ0n) is 28.0. The number of rotatable bonds is 15. The molecule has 5 rings (SSSR count). The van der Waals surface area contributed by atoms with Crippen molar-refractivity contribution in [3.8, 4) is 28.6 Å². The minimum absolute atomic E-state index is 0.00186. The van der Waals surface area contributed by atoms with Crippen molar-refractivity contribution >= 4 is 17.5 Å². The number of benzene rings is 2. The second-order valence-corrected chi connectivity index (χ2v) is 12.2. The minimum atomic E-state index is -4.77. The summed E-state index contributed by atoms with van der Waals surface area (Å²) in [4.78, 5) is 39.7. The molecule has 0 unspecified atom stereocenters. The van der Waals surface area contributed by atoms with E-state index in [0.29, 0.717) is 53.9 Å². The van der Waals surface area contributed by atoms with Crippen LogP contribution < -0.4 is 24.4 Å². The highest BCUT2D eigenvalue weighted by atomic mass is 19.4. The van der Waals surface area contributed by atoms with Crippen molar-refractivity contribution in [3.63, 3.8) is 0 Å². The molecule has 13 heteroatoms. The molecular weight excluding hydrogens is 639 g/mol. The number of hydrogen-bond donors (Lipinski definition) is 1. The fourth-order valence-corrected chi connectivity index (χ4v) is 6.21. The Balaban J connectivity index is 1.13. The Morgan fingerprint density at radius 1 is 0.918 bits per heavy atom.